The second kappa shape index (κ2) is 7.29. The minimum Gasteiger partial charge on any atom is -0.325 e. The monoisotopic (exact) mass is 319 g/mol. The van der Waals surface area contributed by atoms with Crippen molar-refractivity contribution in [3.63, 3.8) is 0 Å². The molecular formula is C20H21N3O. The van der Waals surface area contributed by atoms with Gasteiger partial charge < -0.3 is 5.32 Å². The first-order chi connectivity index (χ1) is 11.7. The van der Waals surface area contributed by atoms with Crippen molar-refractivity contribution in [2.24, 2.45) is 5.92 Å². The van der Waals surface area contributed by atoms with Gasteiger partial charge in [-0.2, -0.15) is 5.26 Å². The second-order valence-corrected chi connectivity index (χ2v) is 6.30. The first-order valence-corrected chi connectivity index (χ1v) is 8.29. The lowest BCUT2D eigenvalue weighted by Crippen LogP contribution is -2.40. The molecule has 1 saturated carbocycles. The van der Waals surface area contributed by atoms with Crippen LogP contribution in [0, 0.1) is 17.2 Å². The minimum atomic E-state index is -0.318. The molecule has 2 aromatic rings. The van der Waals surface area contributed by atoms with Gasteiger partial charge in [0.05, 0.1) is 17.7 Å². The summed E-state index contributed by atoms with van der Waals surface area (Å²) in [5.74, 6) is 0.510. The van der Waals surface area contributed by atoms with Crippen molar-refractivity contribution >= 4 is 11.6 Å². The summed E-state index contributed by atoms with van der Waals surface area (Å²) in [6, 6.07) is 19.2. The third kappa shape index (κ3) is 4.01. The normalized spacial score (nSPS) is 16.0. The summed E-state index contributed by atoms with van der Waals surface area (Å²) in [5.41, 5.74) is 2.41. The van der Waals surface area contributed by atoms with Gasteiger partial charge in [-0.3, -0.25) is 10.1 Å². The SMILES string of the molecule is C[C@H](N[C@H](c1ccccc1)C1CC1)C(=O)Nc1cccc(C#N)c1. The van der Waals surface area contributed by atoms with E-state index in [0.29, 0.717) is 17.2 Å². The summed E-state index contributed by atoms with van der Waals surface area (Å²) in [6.45, 7) is 1.88. The van der Waals surface area contributed by atoms with E-state index in [-0.39, 0.29) is 18.0 Å². The lowest BCUT2D eigenvalue weighted by Gasteiger charge is -2.23. The van der Waals surface area contributed by atoms with Crippen LogP contribution in [0.4, 0.5) is 5.69 Å². The summed E-state index contributed by atoms with van der Waals surface area (Å²) >= 11 is 0. The Morgan fingerprint density at radius 2 is 1.92 bits per heavy atom. The van der Waals surface area contributed by atoms with Gasteiger partial charge in [0.2, 0.25) is 5.91 Å². The molecule has 0 saturated heterocycles. The van der Waals surface area contributed by atoms with Crippen molar-refractivity contribution in [3.05, 3.63) is 65.7 Å². The van der Waals surface area contributed by atoms with Crippen molar-refractivity contribution in [1.29, 1.82) is 5.26 Å². The molecule has 24 heavy (non-hydrogen) atoms. The predicted octanol–water partition coefficient (Wildman–Crippen LogP) is 3.63. The molecular weight excluding hydrogens is 298 g/mol. The standard InChI is InChI=1S/C20H21N3O/c1-14(20(24)23-18-9-5-6-15(12-18)13-21)22-19(17-10-11-17)16-7-3-2-4-8-16/h2-9,12,14,17,19,22H,10-11H2,1H3,(H,23,24)/t14-,19+/m0/s1. The molecule has 122 valence electrons. The van der Waals surface area contributed by atoms with Gasteiger partial charge in [0.1, 0.15) is 0 Å². The number of nitriles is 1. The summed E-state index contributed by atoms with van der Waals surface area (Å²) in [6.07, 6.45) is 2.40. The maximum absolute atomic E-state index is 12.5. The zero-order valence-electron chi connectivity index (χ0n) is 13.7. The van der Waals surface area contributed by atoms with E-state index in [4.69, 9.17) is 5.26 Å². The van der Waals surface area contributed by atoms with Crippen LogP contribution in [0.2, 0.25) is 0 Å². The highest BCUT2D eigenvalue weighted by Crippen LogP contribution is 2.41. The van der Waals surface area contributed by atoms with E-state index in [1.807, 2.05) is 25.1 Å². The van der Waals surface area contributed by atoms with Gasteiger partial charge in [-0.25, -0.2) is 0 Å². The molecule has 1 aliphatic rings. The summed E-state index contributed by atoms with van der Waals surface area (Å²) in [5, 5.41) is 15.3. The quantitative estimate of drug-likeness (QED) is 0.854. The summed E-state index contributed by atoms with van der Waals surface area (Å²) in [4.78, 5) is 12.5. The van der Waals surface area contributed by atoms with Gasteiger partial charge in [-0.05, 0) is 49.4 Å². The Labute approximate surface area is 142 Å². The van der Waals surface area contributed by atoms with Gasteiger partial charge in [0.25, 0.3) is 0 Å². The number of hydrogen-bond donors (Lipinski definition) is 2. The number of rotatable bonds is 6. The number of hydrogen-bond acceptors (Lipinski definition) is 3. The van der Waals surface area contributed by atoms with Gasteiger partial charge in [0.15, 0.2) is 0 Å². The van der Waals surface area contributed by atoms with Gasteiger partial charge in [-0.1, -0.05) is 36.4 Å². The largest absolute Gasteiger partial charge is 0.325 e. The zero-order valence-corrected chi connectivity index (χ0v) is 13.7. The zero-order chi connectivity index (χ0) is 16.9. The fourth-order valence-corrected chi connectivity index (χ4v) is 2.86. The number of benzene rings is 2. The first kappa shape index (κ1) is 16.2. The minimum absolute atomic E-state index is 0.0910. The van der Waals surface area contributed by atoms with E-state index in [1.165, 1.54) is 18.4 Å². The lowest BCUT2D eigenvalue weighted by molar-refractivity contribution is -0.118. The molecule has 0 bridgehead atoms. The summed E-state index contributed by atoms with van der Waals surface area (Å²) < 4.78 is 0. The van der Waals surface area contributed by atoms with Crippen LogP contribution in [-0.4, -0.2) is 11.9 Å². The van der Waals surface area contributed by atoms with Crippen LogP contribution >= 0.6 is 0 Å². The smallest absolute Gasteiger partial charge is 0.241 e. The number of anilines is 1. The third-order valence-electron chi connectivity index (χ3n) is 4.33. The number of amides is 1. The maximum Gasteiger partial charge on any atom is 0.241 e. The van der Waals surface area contributed by atoms with Crippen LogP contribution in [0.15, 0.2) is 54.6 Å². The highest BCUT2D eigenvalue weighted by molar-refractivity contribution is 5.94. The van der Waals surface area contributed by atoms with Crippen LogP contribution in [0.3, 0.4) is 0 Å². The maximum atomic E-state index is 12.5. The first-order valence-electron chi connectivity index (χ1n) is 8.29. The molecule has 0 heterocycles. The van der Waals surface area contributed by atoms with E-state index >= 15 is 0 Å². The predicted molar refractivity (Wildman–Crippen MR) is 94.3 cm³/mol. The van der Waals surface area contributed by atoms with Gasteiger partial charge in [-0.15, -0.1) is 0 Å². The average Bonchev–Trinajstić information content (AvgIpc) is 3.45. The molecule has 3 rings (SSSR count). The van der Waals surface area contributed by atoms with E-state index < -0.39 is 0 Å². The van der Waals surface area contributed by atoms with Crippen LogP contribution in [0.1, 0.15) is 36.9 Å². The Bertz CT molecular complexity index is 747. The molecule has 0 radical (unpaired) electrons. The Hall–Kier alpha value is -2.64. The fourth-order valence-electron chi connectivity index (χ4n) is 2.86. The van der Waals surface area contributed by atoms with Crippen molar-refractivity contribution in [2.75, 3.05) is 5.32 Å². The van der Waals surface area contributed by atoms with E-state index in [1.54, 1.807) is 24.3 Å². The Morgan fingerprint density at radius 1 is 1.17 bits per heavy atom. The molecule has 1 fully saturated rings. The molecule has 2 atom stereocenters. The third-order valence-corrected chi connectivity index (χ3v) is 4.33. The summed E-state index contributed by atoms with van der Waals surface area (Å²) in [7, 11) is 0. The molecule has 1 aliphatic carbocycles. The van der Waals surface area contributed by atoms with Crippen LogP contribution < -0.4 is 10.6 Å². The lowest BCUT2D eigenvalue weighted by atomic mass is 10.0. The van der Waals surface area contributed by atoms with E-state index in [9.17, 15) is 4.79 Å². The Morgan fingerprint density at radius 3 is 2.58 bits per heavy atom. The van der Waals surface area contributed by atoms with Crippen molar-refractivity contribution in [2.45, 2.75) is 31.8 Å². The fraction of sp³-hybridized carbons (Fsp3) is 0.300. The van der Waals surface area contributed by atoms with E-state index in [0.717, 1.165) is 0 Å². The average molecular weight is 319 g/mol. The van der Waals surface area contributed by atoms with Crippen LogP contribution in [0.25, 0.3) is 0 Å². The Kier molecular flexibility index (Phi) is 4.93. The number of carbonyl (C=O) groups excluding carboxylic acids is 1. The molecule has 2 N–H and O–H groups in total. The highest BCUT2D eigenvalue weighted by Gasteiger charge is 2.33. The topological polar surface area (TPSA) is 64.9 Å². The molecule has 0 unspecified atom stereocenters. The molecule has 2 aromatic carbocycles. The van der Waals surface area contributed by atoms with Gasteiger partial charge >= 0.3 is 0 Å². The molecule has 0 aliphatic heterocycles. The number of nitrogens with one attached hydrogen (secondary N) is 2. The van der Waals surface area contributed by atoms with Gasteiger partial charge in [0, 0.05) is 11.7 Å². The molecule has 4 nitrogen and oxygen atoms in total. The van der Waals surface area contributed by atoms with Crippen molar-refractivity contribution < 1.29 is 4.79 Å². The highest BCUT2D eigenvalue weighted by atomic mass is 16.2. The van der Waals surface area contributed by atoms with Crippen LogP contribution in [0.5, 0.6) is 0 Å². The molecule has 0 aromatic heterocycles. The molecule has 0 spiro atoms. The van der Waals surface area contributed by atoms with Crippen molar-refractivity contribution in [3.8, 4) is 6.07 Å². The van der Waals surface area contributed by atoms with Crippen molar-refractivity contribution in [1.82, 2.24) is 5.32 Å². The Balaban J connectivity index is 1.65. The molecule has 4 heteroatoms. The van der Waals surface area contributed by atoms with E-state index in [2.05, 4.69) is 28.8 Å². The number of carbonyl (C=O) groups is 1. The number of nitrogens with zero attached hydrogens (tertiary/aromatic N) is 1. The second-order valence-electron chi connectivity index (χ2n) is 6.30. The van der Waals surface area contributed by atoms with Crippen LogP contribution in [-0.2, 0) is 4.79 Å². The molecule has 1 amide bonds.